The molecule has 0 radical (unpaired) electrons. The van der Waals surface area contributed by atoms with Crippen LogP contribution in [0.25, 0.3) is 0 Å². The summed E-state index contributed by atoms with van der Waals surface area (Å²) in [6.45, 7) is 7.48. The van der Waals surface area contributed by atoms with E-state index in [0.29, 0.717) is 6.61 Å². The topological polar surface area (TPSA) is 45.7 Å². The van der Waals surface area contributed by atoms with Crippen LogP contribution in [-0.2, 0) is 9.53 Å². The third kappa shape index (κ3) is 3.00. The molecule has 2 heterocycles. The maximum Gasteiger partial charge on any atom is 0.251 e. The molecule has 6 heteroatoms. The van der Waals surface area contributed by atoms with Crippen LogP contribution >= 0.6 is 11.3 Å². The van der Waals surface area contributed by atoms with E-state index in [0.717, 1.165) is 31.3 Å². The monoisotopic (exact) mass is 269 g/mol. The SMILES string of the molecule is CCO[C@@H](C)C(=O)N1CCN(c2nccs2)CC1. The Morgan fingerprint density at radius 1 is 1.50 bits per heavy atom. The summed E-state index contributed by atoms with van der Waals surface area (Å²) in [5, 5.41) is 3.02. The lowest BCUT2D eigenvalue weighted by Crippen LogP contribution is -2.51. The van der Waals surface area contributed by atoms with E-state index in [2.05, 4.69) is 9.88 Å². The van der Waals surface area contributed by atoms with Crippen LogP contribution in [0.2, 0.25) is 0 Å². The number of nitrogens with zero attached hydrogens (tertiary/aromatic N) is 3. The second-order valence-electron chi connectivity index (χ2n) is 4.22. The van der Waals surface area contributed by atoms with Crippen LogP contribution in [0.4, 0.5) is 5.13 Å². The Bertz CT molecular complexity index is 375. The van der Waals surface area contributed by atoms with Crippen LogP contribution in [-0.4, -0.2) is 54.7 Å². The van der Waals surface area contributed by atoms with Crippen molar-refractivity contribution < 1.29 is 9.53 Å². The highest BCUT2D eigenvalue weighted by atomic mass is 32.1. The maximum absolute atomic E-state index is 12.1. The molecule has 1 aromatic rings. The fourth-order valence-electron chi connectivity index (χ4n) is 2.07. The second kappa shape index (κ2) is 6.15. The molecule has 1 atom stereocenters. The number of ether oxygens (including phenoxy) is 1. The van der Waals surface area contributed by atoms with Gasteiger partial charge in [-0.15, -0.1) is 11.3 Å². The summed E-state index contributed by atoms with van der Waals surface area (Å²) in [6, 6.07) is 0. The Kier molecular flexibility index (Phi) is 4.54. The summed E-state index contributed by atoms with van der Waals surface area (Å²) in [5.41, 5.74) is 0. The van der Waals surface area contributed by atoms with Crippen LogP contribution in [0.1, 0.15) is 13.8 Å². The Morgan fingerprint density at radius 3 is 2.78 bits per heavy atom. The standard InChI is InChI=1S/C12H19N3O2S/c1-3-17-10(2)11(16)14-5-7-15(8-6-14)12-13-4-9-18-12/h4,9-10H,3,5-8H2,1-2H3/t10-/m0/s1. The van der Waals surface area contributed by atoms with E-state index in [4.69, 9.17) is 4.74 Å². The first-order chi connectivity index (χ1) is 8.72. The molecule has 1 fully saturated rings. The van der Waals surface area contributed by atoms with Crippen molar-refractivity contribution in [2.45, 2.75) is 20.0 Å². The molecule has 1 saturated heterocycles. The summed E-state index contributed by atoms with van der Waals surface area (Å²) in [6.07, 6.45) is 1.48. The van der Waals surface area contributed by atoms with Gasteiger partial charge in [-0.3, -0.25) is 4.79 Å². The van der Waals surface area contributed by atoms with Crippen molar-refractivity contribution in [2.75, 3.05) is 37.7 Å². The summed E-state index contributed by atoms with van der Waals surface area (Å²) >= 11 is 1.64. The molecule has 1 aromatic heterocycles. The number of aromatic nitrogens is 1. The van der Waals surface area contributed by atoms with E-state index >= 15 is 0 Å². The lowest BCUT2D eigenvalue weighted by Gasteiger charge is -2.35. The normalized spacial score (nSPS) is 17.9. The van der Waals surface area contributed by atoms with Gasteiger partial charge < -0.3 is 14.5 Å². The molecular weight excluding hydrogens is 250 g/mol. The fourth-order valence-corrected chi connectivity index (χ4v) is 2.77. The highest BCUT2D eigenvalue weighted by Crippen LogP contribution is 2.19. The van der Waals surface area contributed by atoms with Gasteiger partial charge in [-0.05, 0) is 13.8 Å². The molecule has 0 aromatic carbocycles. The van der Waals surface area contributed by atoms with Crippen LogP contribution in [0.15, 0.2) is 11.6 Å². The molecule has 100 valence electrons. The smallest absolute Gasteiger partial charge is 0.251 e. The molecule has 0 unspecified atom stereocenters. The number of anilines is 1. The van der Waals surface area contributed by atoms with E-state index in [1.54, 1.807) is 11.3 Å². The third-order valence-electron chi connectivity index (χ3n) is 3.05. The number of amides is 1. The fraction of sp³-hybridized carbons (Fsp3) is 0.667. The summed E-state index contributed by atoms with van der Waals surface area (Å²) in [7, 11) is 0. The molecule has 1 amide bonds. The lowest BCUT2D eigenvalue weighted by molar-refractivity contribution is -0.142. The number of piperazine rings is 1. The van der Waals surface area contributed by atoms with Gasteiger partial charge in [0, 0.05) is 44.4 Å². The number of hydrogen-bond acceptors (Lipinski definition) is 5. The van der Waals surface area contributed by atoms with Gasteiger partial charge in [-0.2, -0.15) is 0 Å². The lowest BCUT2D eigenvalue weighted by atomic mass is 10.2. The largest absolute Gasteiger partial charge is 0.369 e. The molecular formula is C12H19N3O2S. The molecule has 1 aliphatic heterocycles. The van der Waals surface area contributed by atoms with Crippen molar-refractivity contribution in [2.24, 2.45) is 0 Å². The van der Waals surface area contributed by atoms with E-state index in [9.17, 15) is 4.79 Å². The van der Waals surface area contributed by atoms with Gasteiger partial charge >= 0.3 is 0 Å². The molecule has 0 spiro atoms. The average molecular weight is 269 g/mol. The zero-order valence-corrected chi connectivity index (χ0v) is 11.7. The minimum Gasteiger partial charge on any atom is -0.369 e. The van der Waals surface area contributed by atoms with Gasteiger partial charge in [0.25, 0.3) is 5.91 Å². The Labute approximate surface area is 111 Å². The third-order valence-corrected chi connectivity index (χ3v) is 3.88. The van der Waals surface area contributed by atoms with Crippen molar-refractivity contribution in [1.29, 1.82) is 0 Å². The number of carbonyl (C=O) groups is 1. The first-order valence-corrected chi connectivity index (χ1v) is 7.15. The number of rotatable bonds is 4. The molecule has 0 bridgehead atoms. The van der Waals surface area contributed by atoms with E-state index < -0.39 is 0 Å². The van der Waals surface area contributed by atoms with Crippen molar-refractivity contribution in [3.63, 3.8) is 0 Å². The Morgan fingerprint density at radius 2 is 2.22 bits per heavy atom. The number of carbonyl (C=O) groups excluding carboxylic acids is 1. The van der Waals surface area contributed by atoms with E-state index in [-0.39, 0.29) is 12.0 Å². The first-order valence-electron chi connectivity index (χ1n) is 6.27. The van der Waals surface area contributed by atoms with Crippen molar-refractivity contribution in [3.8, 4) is 0 Å². The predicted octanol–water partition coefficient (Wildman–Crippen LogP) is 1.22. The number of thiazole rings is 1. The van der Waals surface area contributed by atoms with Gasteiger partial charge in [0.05, 0.1) is 0 Å². The number of hydrogen-bond donors (Lipinski definition) is 0. The zero-order valence-electron chi connectivity index (χ0n) is 10.8. The van der Waals surface area contributed by atoms with Crippen LogP contribution in [0.3, 0.4) is 0 Å². The van der Waals surface area contributed by atoms with E-state index in [1.165, 1.54) is 0 Å². The quantitative estimate of drug-likeness (QED) is 0.824. The maximum atomic E-state index is 12.1. The molecule has 2 rings (SSSR count). The predicted molar refractivity (Wildman–Crippen MR) is 72.0 cm³/mol. The van der Waals surface area contributed by atoms with Crippen molar-refractivity contribution in [3.05, 3.63) is 11.6 Å². The van der Waals surface area contributed by atoms with Gasteiger partial charge in [-0.25, -0.2) is 4.98 Å². The highest BCUT2D eigenvalue weighted by molar-refractivity contribution is 7.13. The van der Waals surface area contributed by atoms with Gasteiger partial charge in [0.15, 0.2) is 5.13 Å². The molecule has 0 aliphatic carbocycles. The van der Waals surface area contributed by atoms with Crippen molar-refractivity contribution >= 4 is 22.4 Å². The zero-order chi connectivity index (χ0) is 13.0. The minimum absolute atomic E-state index is 0.0932. The summed E-state index contributed by atoms with van der Waals surface area (Å²) in [5.74, 6) is 0.0932. The van der Waals surface area contributed by atoms with Crippen LogP contribution in [0, 0.1) is 0 Å². The summed E-state index contributed by atoms with van der Waals surface area (Å²) in [4.78, 5) is 20.4. The Hall–Kier alpha value is -1.14. The van der Waals surface area contributed by atoms with Crippen LogP contribution < -0.4 is 4.90 Å². The summed E-state index contributed by atoms with van der Waals surface area (Å²) < 4.78 is 5.34. The highest BCUT2D eigenvalue weighted by Gasteiger charge is 2.25. The van der Waals surface area contributed by atoms with Crippen LogP contribution in [0.5, 0.6) is 0 Å². The molecule has 18 heavy (non-hydrogen) atoms. The van der Waals surface area contributed by atoms with Gasteiger partial charge in [0.2, 0.25) is 0 Å². The molecule has 0 N–H and O–H groups in total. The molecule has 5 nitrogen and oxygen atoms in total. The Balaban J connectivity index is 1.85. The van der Waals surface area contributed by atoms with E-state index in [1.807, 2.05) is 30.3 Å². The molecule has 1 aliphatic rings. The van der Waals surface area contributed by atoms with Gasteiger partial charge in [-0.1, -0.05) is 0 Å². The minimum atomic E-state index is -0.332. The second-order valence-corrected chi connectivity index (χ2v) is 5.10. The van der Waals surface area contributed by atoms with Gasteiger partial charge in [0.1, 0.15) is 6.10 Å². The molecule has 0 saturated carbocycles. The van der Waals surface area contributed by atoms with Crippen molar-refractivity contribution in [1.82, 2.24) is 9.88 Å². The first kappa shape index (κ1) is 13.3. The average Bonchev–Trinajstić information content (AvgIpc) is 2.92.